The zero-order chi connectivity index (χ0) is 19.3. The summed E-state index contributed by atoms with van der Waals surface area (Å²) in [6.45, 7) is 0.430. The van der Waals surface area contributed by atoms with Crippen molar-refractivity contribution in [3.05, 3.63) is 88.4 Å². The molecule has 0 saturated heterocycles. The molecule has 3 heterocycles. The van der Waals surface area contributed by atoms with Gasteiger partial charge in [0.1, 0.15) is 18.2 Å². The molecule has 28 heavy (non-hydrogen) atoms. The number of hydrogen-bond acceptors (Lipinski definition) is 7. The second kappa shape index (κ2) is 7.62. The van der Waals surface area contributed by atoms with Gasteiger partial charge in [0.15, 0.2) is 5.52 Å². The van der Waals surface area contributed by atoms with Crippen molar-refractivity contribution in [2.45, 2.75) is 6.54 Å². The molecule has 0 saturated carbocycles. The zero-order valence-corrected chi connectivity index (χ0v) is 14.5. The van der Waals surface area contributed by atoms with Crippen molar-refractivity contribution >= 4 is 23.2 Å². The first-order valence-corrected chi connectivity index (χ1v) is 8.34. The molecule has 0 aliphatic carbocycles. The number of hydrogen-bond donors (Lipinski definition) is 1. The van der Waals surface area contributed by atoms with Crippen LogP contribution in [0.25, 0.3) is 11.0 Å². The van der Waals surface area contributed by atoms with Crippen molar-refractivity contribution in [2.24, 2.45) is 4.99 Å². The van der Waals surface area contributed by atoms with Crippen LogP contribution in [0.15, 0.2) is 75.5 Å². The average molecular weight is 374 g/mol. The molecule has 4 aromatic rings. The molecule has 0 amide bonds. The van der Waals surface area contributed by atoms with Crippen LogP contribution in [-0.2, 0) is 6.54 Å². The molecule has 138 valence electrons. The fourth-order valence-electron chi connectivity index (χ4n) is 2.53. The molecule has 0 aliphatic rings. The summed E-state index contributed by atoms with van der Waals surface area (Å²) in [5.74, 6) is -0.462. The van der Waals surface area contributed by atoms with Crippen LogP contribution in [-0.4, -0.2) is 31.9 Å². The monoisotopic (exact) mass is 374 g/mol. The molecule has 1 N–H and O–H groups in total. The summed E-state index contributed by atoms with van der Waals surface area (Å²) >= 11 is 0. The Bertz CT molecular complexity index is 1200. The van der Waals surface area contributed by atoms with Gasteiger partial charge in [-0.2, -0.15) is 0 Å². The highest BCUT2D eigenvalue weighted by Crippen LogP contribution is 2.16. The van der Waals surface area contributed by atoms with Crippen LogP contribution in [0.4, 0.5) is 0 Å². The first kappa shape index (κ1) is 17.3. The highest BCUT2D eigenvalue weighted by molar-refractivity contribution is 6.12. The molecular formula is C19H14N6O3. The van der Waals surface area contributed by atoms with E-state index in [0.717, 1.165) is 10.2 Å². The molecule has 3 aromatic heterocycles. The smallest absolute Gasteiger partial charge is 0.302 e. The van der Waals surface area contributed by atoms with Crippen molar-refractivity contribution in [3.8, 4) is 0 Å². The first-order chi connectivity index (χ1) is 13.7. The van der Waals surface area contributed by atoms with E-state index in [-0.39, 0.29) is 22.6 Å². The molecule has 0 radical (unpaired) electrons. The third kappa shape index (κ3) is 3.40. The van der Waals surface area contributed by atoms with E-state index in [1.807, 2.05) is 12.1 Å². The van der Waals surface area contributed by atoms with E-state index in [1.54, 1.807) is 42.7 Å². The predicted molar refractivity (Wildman–Crippen MR) is 102 cm³/mol. The molecule has 4 rings (SSSR count). The molecule has 0 unspecified atom stereocenters. The van der Waals surface area contributed by atoms with Crippen LogP contribution in [0.3, 0.4) is 0 Å². The number of aromatic nitrogens is 4. The van der Waals surface area contributed by atoms with E-state index in [0.29, 0.717) is 12.1 Å². The van der Waals surface area contributed by atoms with E-state index in [9.17, 15) is 9.59 Å². The second-order valence-electron chi connectivity index (χ2n) is 5.78. The van der Waals surface area contributed by atoms with Gasteiger partial charge in [0, 0.05) is 18.0 Å². The molecule has 0 spiro atoms. The maximum absolute atomic E-state index is 12.5. The number of nitrogens with zero attached hydrogens (tertiary/aromatic N) is 5. The summed E-state index contributed by atoms with van der Waals surface area (Å²) in [5.41, 5.74) is 3.69. The Morgan fingerprint density at radius 3 is 2.71 bits per heavy atom. The molecule has 0 fully saturated rings. The van der Waals surface area contributed by atoms with Gasteiger partial charge in [-0.3, -0.25) is 25.0 Å². The minimum absolute atomic E-state index is 0.0446. The first-order valence-electron chi connectivity index (χ1n) is 8.34. The maximum atomic E-state index is 12.5. The lowest BCUT2D eigenvalue weighted by atomic mass is 10.1. The van der Waals surface area contributed by atoms with Crippen molar-refractivity contribution in [1.29, 1.82) is 0 Å². The van der Waals surface area contributed by atoms with Gasteiger partial charge in [0.25, 0.3) is 0 Å². The quantitative estimate of drug-likeness (QED) is 0.311. The summed E-state index contributed by atoms with van der Waals surface area (Å²) in [6, 6.07) is 12.3. The topological polar surface area (TPSA) is 115 Å². The number of ketones is 1. The lowest BCUT2D eigenvalue weighted by molar-refractivity contribution is 0.100. The van der Waals surface area contributed by atoms with Crippen molar-refractivity contribution in [2.75, 3.05) is 5.43 Å². The molecule has 1 aromatic carbocycles. The third-order valence-electron chi connectivity index (χ3n) is 3.94. The number of benzene rings is 1. The highest BCUT2D eigenvalue weighted by atomic mass is 16.5. The Morgan fingerprint density at radius 2 is 1.93 bits per heavy atom. The minimum Gasteiger partial charge on any atom is -0.349 e. The van der Waals surface area contributed by atoms with E-state index >= 15 is 0 Å². The van der Waals surface area contributed by atoms with Gasteiger partial charge in [0.2, 0.25) is 11.5 Å². The van der Waals surface area contributed by atoms with Gasteiger partial charge >= 0.3 is 5.56 Å². The van der Waals surface area contributed by atoms with Crippen LogP contribution in [0.5, 0.6) is 0 Å². The Morgan fingerprint density at radius 1 is 1.14 bits per heavy atom. The van der Waals surface area contributed by atoms with E-state index in [4.69, 9.17) is 4.52 Å². The number of pyridine rings is 1. The van der Waals surface area contributed by atoms with Crippen LogP contribution >= 0.6 is 0 Å². The summed E-state index contributed by atoms with van der Waals surface area (Å²) in [6.07, 6.45) is 5.99. The summed E-state index contributed by atoms with van der Waals surface area (Å²) in [5, 5.41) is 3.72. The molecule has 9 nitrogen and oxygen atoms in total. The van der Waals surface area contributed by atoms with Crippen LogP contribution in [0.2, 0.25) is 0 Å². The Kier molecular flexibility index (Phi) is 4.70. The summed E-state index contributed by atoms with van der Waals surface area (Å²) < 4.78 is 6.22. The molecular weight excluding hydrogens is 360 g/mol. The van der Waals surface area contributed by atoms with E-state index < -0.39 is 5.56 Å². The molecule has 9 heteroatoms. The molecule has 0 bridgehead atoms. The number of carbonyl (C=O) groups excluding carboxylic acids is 1. The van der Waals surface area contributed by atoms with Gasteiger partial charge < -0.3 is 4.52 Å². The van der Waals surface area contributed by atoms with E-state index in [1.165, 1.54) is 12.7 Å². The minimum atomic E-state index is -0.503. The lowest BCUT2D eigenvalue weighted by Gasteiger charge is -2.02. The van der Waals surface area contributed by atoms with Gasteiger partial charge in [-0.15, -0.1) is 0 Å². The number of rotatable bonds is 6. The van der Waals surface area contributed by atoms with Crippen molar-refractivity contribution in [1.82, 2.24) is 19.8 Å². The largest absolute Gasteiger partial charge is 0.349 e. The number of aliphatic imine (C=N–C) groups is 1. The normalized spacial score (nSPS) is 11.1. The SMILES string of the molecule is O=C(c1ccccc1)c1onc2c(=O)n(NC=NCc3ccncc3)cnc12. The van der Waals surface area contributed by atoms with Gasteiger partial charge in [-0.1, -0.05) is 35.5 Å². The van der Waals surface area contributed by atoms with E-state index in [2.05, 4.69) is 25.5 Å². The van der Waals surface area contributed by atoms with Crippen LogP contribution in [0, 0.1) is 0 Å². The van der Waals surface area contributed by atoms with Gasteiger partial charge in [-0.25, -0.2) is 9.66 Å². The molecule has 0 atom stereocenters. The number of carbonyl (C=O) groups is 1. The third-order valence-corrected chi connectivity index (χ3v) is 3.94. The Balaban J connectivity index is 1.55. The Labute approximate surface area is 158 Å². The second-order valence-corrected chi connectivity index (χ2v) is 5.78. The summed E-state index contributed by atoms with van der Waals surface area (Å²) in [7, 11) is 0. The lowest BCUT2D eigenvalue weighted by Crippen LogP contribution is -2.28. The van der Waals surface area contributed by atoms with Gasteiger partial charge in [0.05, 0.1) is 6.54 Å². The van der Waals surface area contributed by atoms with Crippen LogP contribution < -0.4 is 11.0 Å². The Hall–Kier alpha value is -4.14. The zero-order valence-electron chi connectivity index (χ0n) is 14.5. The highest BCUT2D eigenvalue weighted by Gasteiger charge is 2.21. The molecule has 0 aliphatic heterocycles. The average Bonchev–Trinajstić information content (AvgIpc) is 3.18. The predicted octanol–water partition coefficient (Wildman–Crippen LogP) is 1.78. The summed E-state index contributed by atoms with van der Waals surface area (Å²) in [4.78, 5) is 37.3. The maximum Gasteiger partial charge on any atom is 0.302 e. The number of fused-ring (bicyclic) bond motifs is 1. The number of nitrogens with one attached hydrogen (secondary N) is 1. The fourth-order valence-corrected chi connectivity index (χ4v) is 2.53. The van der Waals surface area contributed by atoms with Crippen molar-refractivity contribution in [3.63, 3.8) is 0 Å². The van der Waals surface area contributed by atoms with Crippen LogP contribution in [0.1, 0.15) is 21.7 Å². The fraction of sp³-hybridized carbons (Fsp3) is 0.0526. The van der Waals surface area contributed by atoms with Crippen molar-refractivity contribution < 1.29 is 9.32 Å². The standard InChI is InChI=1S/C19H14N6O3/c26-17(14-4-2-1-3-5-14)18-15-16(24-28-18)19(27)25(12-22-15)23-11-21-10-13-6-8-20-9-7-13/h1-9,11-12H,10H2,(H,21,23). The van der Waals surface area contributed by atoms with Gasteiger partial charge in [-0.05, 0) is 17.7 Å².